The Bertz CT molecular complexity index is 147. The third-order valence-corrected chi connectivity index (χ3v) is 2.85. The second kappa shape index (κ2) is 3.78. The Morgan fingerprint density at radius 2 is 1.91 bits per heavy atom. The predicted molar refractivity (Wildman–Crippen MR) is 47.4 cm³/mol. The quantitative estimate of drug-likeness (QED) is 0.521. The van der Waals surface area contributed by atoms with Gasteiger partial charge in [-0.05, 0) is 39.0 Å². The lowest BCUT2D eigenvalue weighted by atomic mass is 9.98. The van der Waals surface area contributed by atoms with Crippen LogP contribution >= 0.6 is 0 Å². The predicted octanol–water partition coefficient (Wildman–Crippen LogP) is 0.465. The van der Waals surface area contributed by atoms with Crippen molar-refractivity contribution in [3.8, 4) is 12.3 Å². The van der Waals surface area contributed by atoms with Crippen LogP contribution < -0.4 is 4.90 Å². The molecule has 0 unspecified atom stereocenters. The number of hydrogen-bond acceptors (Lipinski definition) is 0. The Kier molecular flexibility index (Phi) is 2.96. The molecule has 0 aliphatic carbocycles. The summed E-state index contributed by atoms with van der Waals surface area (Å²) in [6, 6.07) is 1.55. The lowest BCUT2D eigenvalue weighted by molar-refractivity contribution is -0.944. The zero-order valence-corrected chi connectivity index (χ0v) is 7.56. The highest BCUT2D eigenvalue weighted by Crippen LogP contribution is 2.06. The summed E-state index contributed by atoms with van der Waals surface area (Å²) in [5, 5.41) is 0. The summed E-state index contributed by atoms with van der Waals surface area (Å²) in [6.45, 7) is 5.52. The molecule has 1 heterocycles. The minimum absolute atomic E-state index is 0.773. The smallest absolute Gasteiger partial charge is 0.139 e. The second-order valence-electron chi connectivity index (χ2n) is 3.69. The molecule has 1 aliphatic heterocycles. The van der Waals surface area contributed by atoms with E-state index in [4.69, 9.17) is 6.42 Å². The van der Waals surface area contributed by atoms with Gasteiger partial charge < -0.3 is 4.90 Å². The molecule has 62 valence electrons. The van der Waals surface area contributed by atoms with E-state index in [2.05, 4.69) is 19.8 Å². The number of terminal acetylenes is 1. The first-order valence-corrected chi connectivity index (χ1v) is 4.54. The SMILES string of the molecule is C#CC[NH+]1[C@@H](C)CCC[C@@H]1C. The van der Waals surface area contributed by atoms with Crippen molar-refractivity contribution in [3.05, 3.63) is 0 Å². The van der Waals surface area contributed by atoms with Crippen molar-refractivity contribution in [1.82, 2.24) is 0 Å². The Morgan fingerprint density at radius 3 is 2.36 bits per heavy atom. The minimum Gasteiger partial charge on any atom is -0.320 e. The van der Waals surface area contributed by atoms with E-state index in [0.29, 0.717) is 0 Å². The monoisotopic (exact) mass is 152 g/mol. The number of hydrogen-bond donors (Lipinski definition) is 1. The molecule has 1 aliphatic rings. The van der Waals surface area contributed by atoms with Gasteiger partial charge in [0.2, 0.25) is 0 Å². The number of nitrogens with one attached hydrogen (secondary N) is 1. The van der Waals surface area contributed by atoms with Crippen molar-refractivity contribution in [2.75, 3.05) is 6.54 Å². The summed E-state index contributed by atoms with van der Waals surface area (Å²) >= 11 is 0. The van der Waals surface area contributed by atoms with Crippen LogP contribution in [0, 0.1) is 12.3 Å². The molecule has 0 aromatic rings. The molecule has 1 rings (SSSR count). The Labute approximate surface area is 69.8 Å². The van der Waals surface area contributed by atoms with E-state index in [1.54, 1.807) is 4.90 Å². The van der Waals surface area contributed by atoms with Crippen LogP contribution in [0.1, 0.15) is 33.1 Å². The van der Waals surface area contributed by atoms with E-state index in [-0.39, 0.29) is 0 Å². The molecule has 0 bridgehead atoms. The molecule has 0 saturated carbocycles. The normalized spacial score (nSPS) is 33.2. The molecule has 2 atom stereocenters. The fourth-order valence-corrected chi connectivity index (χ4v) is 2.05. The fourth-order valence-electron chi connectivity index (χ4n) is 2.05. The summed E-state index contributed by atoms with van der Waals surface area (Å²) in [5.74, 6) is 2.76. The molecule has 0 aromatic carbocycles. The maximum atomic E-state index is 5.31. The van der Waals surface area contributed by atoms with Crippen LogP contribution in [0.25, 0.3) is 0 Å². The molecule has 0 aromatic heterocycles. The minimum atomic E-state index is 0.773. The Morgan fingerprint density at radius 1 is 1.36 bits per heavy atom. The van der Waals surface area contributed by atoms with Gasteiger partial charge in [0.05, 0.1) is 12.1 Å². The summed E-state index contributed by atoms with van der Waals surface area (Å²) in [4.78, 5) is 1.61. The van der Waals surface area contributed by atoms with Gasteiger partial charge in [-0.1, -0.05) is 0 Å². The van der Waals surface area contributed by atoms with Gasteiger partial charge in [0.1, 0.15) is 6.54 Å². The lowest BCUT2D eigenvalue weighted by Crippen LogP contribution is -3.19. The topological polar surface area (TPSA) is 4.44 Å². The molecule has 1 heteroatoms. The highest BCUT2D eigenvalue weighted by molar-refractivity contribution is 4.83. The van der Waals surface area contributed by atoms with Crippen LogP contribution in [0.3, 0.4) is 0 Å². The first-order valence-electron chi connectivity index (χ1n) is 4.54. The van der Waals surface area contributed by atoms with Gasteiger partial charge in [-0.3, -0.25) is 0 Å². The summed E-state index contributed by atoms with van der Waals surface area (Å²) < 4.78 is 0. The van der Waals surface area contributed by atoms with E-state index in [9.17, 15) is 0 Å². The zero-order chi connectivity index (χ0) is 8.27. The van der Waals surface area contributed by atoms with E-state index < -0.39 is 0 Å². The van der Waals surface area contributed by atoms with Crippen LogP contribution in [0.4, 0.5) is 0 Å². The van der Waals surface area contributed by atoms with Gasteiger partial charge in [0.25, 0.3) is 0 Å². The highest BCUT2D eigenvalue weighted by atomic mass is 15.2. The molecule has 11 heavy (non-hydrogen) atoms. The zero-order valence-electron chi connectivity index (χ0n) is 7.56. The van der Waals surface area contributed by atoms with Gasteiger partial charge in [-0.15, -0.1) is 6.42 Å². The molecule has 1 saturated heterocycles. The van der Waals surface area contributed by atoms with Gasteiger partial charge in [-0.25, -0.2) is 0 Å². The highest BCUT2D eigenvalue weighted by Gasteiger charge is 2.26. The third-order valence-electron chi connectivity index (χ3n) is 2.85. The van der Waals surface area contributed by atoms with Gasteiger partial charge in [-0.2, -0.15) is 0 Å². The van der Waals surface area contributed by atoms with Crippen molar-refractivity contribution < 1.29 is 4.90 Å². The van der Waals surface area contributed by atoms with E-state index in [1.807, 2.05) is 0 Å². The molecular formula is C10H18N+. The molecule has 1 fully saturated rings. The summed E-state index contributed by atoms with van der Waals surface area (Å²) in [5.41, 5.74) is 0. The first kappa shape index (κ1) is 8.62. The van der Waals surface area contributed by atoms with Crippen molar-refractivity contribution in [3.63, 3.8) is 0 Å². The molecule has 0 spiro atoms. The van der Waals surface area contributed by atoms with Crippen LogP contribution in [0.2, 0.25) is 0 Å². The lowest BCUT2D eigenvalue weighted by Gasteiger charge is -2.34. The third kappa shape index (κ3) is 1.97. The summed E-state index contributed by atoms with van der Waals surface area (Å²) in [7, 11) is 0. The molecule has 1 nitrogen and oxygen atoms in total. The van der Waals surface area contributed by atoms with Crippen LogP contribution in [0.5, 0.6) is 0 Å². The van der Waals surface area contributed by atoms with Crippen LogP contribution in [0.15, 0.2) is 0 Å². The van der Waals surface area contributed by atoms with Gasteiger partial charge >= 0.3 is 0 Å². The maximum Gasteiger partial charge on any atom is 0.139 e. The van der Waals surface area contributed by atoms with Crippen LogP contribution in [-0.4, -0.2) is 18.6 Å². The van der Waals surface area contributed by atoms with E-state index in [1.165, 1.54) is 19.3 Å². The molecule has 0 amide bonds. The average molecular weight is 152 g/mol. The van der Waals surface area contributed by atoms with E-state index in [0.717, 1.165) is 18.6 Å². The average Bonchev–Trinajstić information content (AvgIpc) is 1.97. The number of piperidine rings is 1. The van der Waals surface area contributed by atoms with E-state index >= 15 is 0 Å². The Balaban J connectivity index is 2.49. The first-order chi connectivity index (χ1) is 5.25. The van der Waals surface area contributed by atoms with Crippen molar-refractivity contribution in [2.45, 2.75) is 45.2 Å². The number of likely N-dealkylation sites (tertiary alicyclic amines) is 1. The van der Waals surface area contributed by atoms with Crippen LogP contribution in [-0.2, 0) is 0 Å². The van der Waals surface area contributed by atoms with Gasteiger partial charge in [0, 0.05) is 0 Å². The standard InChI is InChI=1S/C10H17N/c1-4-8-11-9(2)6-5-7-10(11)3/h1,9-10H,5-8H2,2-3H3/p+1/t9-,10-/m0/s1. The Hall–Kier alpha value is -0.480. The molecule has 0 radical (unpaired) electrons. The van der Waals surface area contributed by atoms with Gasteiger partial charge in [0.15, 0.2) is 0 Å². The summed E-state index contributed by atoms with van der Waals surface area (Å²) in [6.07, 6.45) is 9.40. The van der Waals surface area contributed by atoms with Crippen molar-refractivity contribution in [1.29, 1.82) is 0 Å². The molecular weight excluding hydrogens is 134 g/mol. The fraction of sp³-hybridized carbons (Fsp3) is 0.800. The second-order valence-corrected chi connectivity index (χ2v) is 3.69. The van der Waals surface area contributed by atoms with Crippen molar-refractivity contribution in [2.24, 2.45) is 0 Å². The number of rotatable bonds is 1. The maximum absolute atomic E-state index is 5.31. The molecule has 1 N–H and O–H groups in total. The largest absolute Gasteiger partial charge is 0.320 e. The van der Waals surface area contributed by atoms with Crippen molar-refractivity contribution >= 4 is 0 Å². The number of quaternary nitrogens is 1.